The van der Waals surface area contributed by atoms with Gasteiger partial charge >= 0.3 is 5.76 Å². The minimum atomic E-state index is -4.55. The maximum Gasteiger partial charge on any atom is 0.355 e. The Bertz CT molecular complexity index is 404. The number of nitrogens with one attached hydrogen (secondary N) is 1. The lowest BCUT2D eigenvalue weighted by molar-refractivity contribution is 0.236. The van der Waals surface area contributed by atoms with Crippen molar-refractivity contribution in [3.63, 3.8) is 0 Å². The second kappa shape index (κ2) is 4.39. The van der Waals surface area contributed by atoms with Crippen LogP contribution in [-0.2, 0) is 10.0 Å². The molecule has 1 aromatic rings. The molecular formula is C7H6F2INO2S. The first kappa shape index (κ1) is 11.6. The molecule has 0 aliphatic heterocycles. The van der Waals surface area contributed by atoms with E-state index in [9.17, 15) is 17.2 Å². The Hall–Kier alpha value is -0.440. The van der Waals surface area contributed by atoms with E-state index < -0.39 is 15.8 Å². The van der Waals surface area contributed by atoms with E-state index in [1.807, 2.05) is 22.6 Å². The van der Waals surface area contributed by atoms with Gasteiger partial charge in [-0.25, -0.2) is 8.42 Å². The molecule has 0 aliphatic carbocycles. The molecule has 0 atom stereocenters. The average molecular weight is 333 g/mol. The summed E-state index contributed by atoms with van der Waals surface area (Å²) in [5.41, 5.74) is 0.130. The third kappa shape index (κ3) is 3.05. The van der Waals surface area contributed by atoms with Gasteiger partial charge in [-0.05, 0) is 46.9 Å². The number of halogens is 3. The lowest BCUT2D eigenvalue weighted by atomic mass is 10.3. The van der Waals surface area contributed by atoms with Crippen molar-refractivity contribution in [2.45, 2.75) is 5.76 Å². The highest BCUT2D eigenvalue weighted by molar-refractivity contribution is 14.1. The van der Waals surface area contributed by atoms with Crippen molar-refractivity contribution in [3.8, 4) is 0 Å². The van der Waals surface area contributed by atoms with Gasteiger partial charge in [0.05, 0.1) is 0 Å². The van der Waals surface area contributed by atoms with Gasteiger partial charge in [-0.1, -0.05) is 0 Å². The summed E-state index contributed by atoms with van der Waals surface area (Å²) in [6, 6.07) is 6.07. The first-order chi connectivity index (χ1) is 6.42. The van der Waals surface area contributed by atoms with E-state index in [2.05, 4.69) is 0 Å². The van der Waals surface area contributed by atoms with Crippen LogP contribution in [0.1, 0.15) is 0 Å². The summed E-state index contributed by atoms with van der Waals surface area (Å²) in [4.78, 5) is 0. The molecule has 0 saturated carbocycles. The third-order valence-electron chi connectivity index (χ3n) is 1.34. The summed E-state index contributed by atoms with van der Waals surface area (Å²) >= 11 is 2.02. The fraction of sp³-hybridized carbons (Fsp3) is 0.143. The standard InChI is InChI=1S/C7H6F2INO2S/c8-7(9)14(12,13)11-6-3-1-5(10)2-4-6/h1-4,7,11H. The van der Waals surface area contributed by atoms with Crippen LogP contribution in [0.5, 0.6) is 0 Å². The van der Waals surface area contributed by atoms with E-state index in [1.54, 1.807) is 16.9 Å². The van der Waals surface area contributed by atoms with E-state index in [-0.39, 0.29) is 5.69 Å². The number of anilines is 1. The zero-order chi connectivity index (χ0) is 10.8. The molecule has 0 bridgehead atoms. The van der Waals surface area contributed by atoms with Crippen molar-refractivity contribution in [2.75, 3.05) is 4.72 Å². The molecule has 1 rings (SSSR count). The van der Waals surface area contributed by atoms with Crippen LogP contribution in [0.3, 0.4) is 0 Å². The molecule has 0 unspecified atom stereocenters. The molecule has 0 amide bonds. The van der Waals surface area contributed by atoms with E-state index in [4.69, 9.17) is 0 Å². The van der Waals surface area contributed by atoms with Gasteiger partial charge in [0.25, 0.3) is 10.0 Å². The van der Waals surface area contributed by atoms with Crippen LogP contribution in [0, 0.1) is 3.57 Å². The molecular weight excluding hydrogens is 327 g/mol. The summed E-state index contributed by atoms with van der Waals surface area (Å²) < 4.78 is 47.9. The molecule has 14 heavy (non-hydrogen) atoms. The number of rotatable bonds is 3. The Morgan fingerprint density at radius 2 is 1.71 bits per heavy atom. The van der Waals surface area contributed by atoms with Crippen LogP contribution in [0.2, 0.25) is 0 Å². The van der Waals surface area contributed by atoms with Crippen molar-refractivity contribution in [3.05, 3.63) is 27.8 Å². The van der Waals surface area contributed by atoms with Gasteiger partial charge in [-0.15, -0.1) is 0 Å². The normalized spacial score (nSPS) is 11.7. The highest BCUT2D eigenvalue weighted by atomic mass is 127. The van der Waals surface area contributed by atoms with E-state index >= 15 is 0 Å². The van der Waals surface area contributed by atoms with Crippen LogP contribution in [-0.4, -0.2) is 14.2 Å². The van der Waals surface area contributed by atoms with Gasteiger partial charge in [0.2, 0.25) is 0 Å². The first-order valence-electron chi connectivity index (χ1n) is 3.47. The first-order valence-corrected chi connectivity index (χ1v) is 6.10. The molecule has 0 aliphatic rings. The maximum atomic E-state index is 11.9. The summed E-state index contributed by atoms with van der Waals surface area (Å²) in [6.07, 6.45) is 0. The number of sulfonamides is 1. The summed E-state index contributed by atoms with van der Waals surface area (Å²) in [5, 5.41) is 0. The summed E-state index contributed by atoms with van der Waals surface area (Å²) in [6.45, 7) is 0. The topological polar surface area (TPSA) is 46.2 Å². The fourth-order valence-electron chi connectivity index (χ4n) is 0.727. The van der Waals surface area contributed by atoms with Crippen LogP contribution in [0.4, 0.5) is 14.5 Å². The minimum Gasteiger partial charge on any atom is -0.279 e. The van der Waals surface area contributed by atoms with Crippen LogP contribution >= 0.6 is 22.6 Å². The van der Waals surface area contributed by atoms with Crippen molar-refractivity contribution in [1.82, 2.24) is 0 Å². The van der Waals surface area contributed by atoms with Crippen molar-refractivity contribution in [2.24, 2.45) is 0 Å². The second-order valence-corrected chi connectivity index (χ2v) is 5.31. The fourth-order valence-corrected chi connectivity index (χ4v) is 1.64. The molecule has 7 heteroatoms. The number of hydrogen-bond donors (Lipinski definition) is 1. The zero-order valence-corrected chi connectivity index (χ0v) is 9.72. The van der Waals surface area contributed by atoms with Crippen molar-refractivity contribution >= 4 is 38.3 Å². The van der Waals surface area contributed by atoms with Crippen LogP contribution in [0.25, 0.3) is 0 Å². The summed E-state index contributed by atoms with van der Waals surface area (Å²) in [5.74, 6) is -3.42. The number of alkyl halides is 2. The smallest absolute Gasteiger partial charge is 0.279 e. The monoisotopic (exact) mass is 333 g/mol. The predicted molar refractivity (Wildman–Crippen MR) is 57.7 cm³/mol. The van der Waals surface area contributed by atoms with Crippen molar-refractivity contribution < 1.29 is 17.2 Å². The zero-order valence-electron chi connectivity index (χ0n) is 6.75. The van der Waals surface area contributed by atoms with Gasteiger partial charge in [-0.2, -0.15) is 8.78 Å². The van der Waals surface area contributed by atoms with E-state index in [0.717, 1.165) is 3.57 Å². The second-order valence-electron chi connectivity index (χ2n) is 2.41. The summed E-state index contributed by atoms with van der Waals surface area (Å²) in [7, 11) is -4.55. The lowest BCUT2D eigenvalue weighted by Crippen LogP contribution is -2.20. The number of benzene rings is 1. The quantitative estimate of drug-likeness (QED) is 0.863. The molecule has 0 saturated heterocycles. The van der Waals surface area contributed by atoms with E-state index in [0.29, 0.717) is 0 Å². The molecule has 1 aromatic carbocycles. The van der Waals surface area contributed by atoms with Gasteiger partial charge < -0.3 is 0 Å². The van der Waals surface area contributed by atoms with Gasteiger partial charge in [0, 0.05) is 9.26 Å². The molecule has 3 nitrogen and oxygen atoms in total. The minimum absolute atomic E-state index is 0.130. The molecule has 0 aromatic heterocycles. The Balaban J connectivity index is 2.85. The van der Waals surface area contributed by atoms with Crippen molar-refractivity contribution in [1.29, 1.82) is 0 Å². The Labute approximate surface area is 93.7 Å². The predicted octanol–water partition coefficient (Wildman–Crippen LogP) is 2.26. The maximum absolute atomic E-state index is 11.9. The third-order valence-corrected chi connectivity index (χ3v) is 3.05. The highest BCUT2D eigenvalue weighted by Gasteiger charge is 2.23. The van der Waals surface area contributed by atoms with Crippen LogP contribution in [0.15, 0.2) is 24.3 Å². The van der Waals surface area contributed by atoms with Gasteiger partial charge in [0.15, 0.2) is 0 Å². The van der Waals surface area contributed by atoms with Gasteiger partial charge in [0.1, 0.15) is 0 Å². The molecule has 0 spiro atoms. The lowest BCUT2D eigenvalue weighted by Gasteiger charge is -2.06. The van der Waals surface area contributed by atoms with Crippen LogP contribution < -0.4 is 4.72 Å². The Morgan fingerprint density at radius 3 is 2.14 bits per heavy atom. The SMILES string of the molecule is O=S(=O)(Nc1ccc(I)cc1)C(F)F. The molecule has 0 radical (unpaired) electrons. The molecule has 1 N–H and O–H groups in total. The number of hydrogen-bond acceptors (Lipinski definition) is 2. The molecule has 0 heterocycles. The van der Waals surface area contributed by atoms with E-state index in [1.165, 1.54) is 12.1 Å². The highest BCUT2D eigenvalue weighted by Crippen LogP contribution is 2.15. The largest absolute Gasteiger partial charge is 0.355 e. The average Bonchev–Trinajstić information content (AvgIpc) is 2.08. The van der Waals surface area contributed by atoms with Gasteiger partial charge in [-0.3, -0.25) is 4.72 Å². The Kier molecular flexibility index (Phi) is 3.65. The Morgan fingerprint density at radius 1 is 1.21 bits per heavy atom. The molecule has 78 valence electrons. The molecule has 0 fully saturated rings.